The minimum atomic E-state index is -0.527. The third-order valence-corrected chi connectivity index (χ3v) is 2.57. The van der Waals surface area contributed by atoms with Crippen LogP contribution in [0.25, 0.3) is 0 Å². The van der Waals surface area contributed by atoms with Crippen molar-refractivity contribution in [1.29, 1.82) is 0 Å². The van der Waals surface area contributed by atoms with Crippen LogP contribution in [-0.2, 0) is 9.59 Å². The Bertz CT molecular complexity index is 249. The molecule has 1 rings (SSSR count). The molecule has 2 amide bonds. The molecule has 0 bridgehead atoms. The lowest BCUT2D eigenvalue weighted by molar-refractivity contribution is -0.132. The van der Waals surface area contributed by atoms with Crippen molar-refractivity contribution in [3.63, 3.8) is 0 Å². The van der Waals surface area contributed by atoms with Crippen molar-refractivity contribution in [3.8, 4) is 0 Å². The smallest absolute Gasteiger partial charge is 0.235 e. The van der Waals surface area contributed by atoms with Gasteiger partial charge in [0.05, 0.1) is 12.5 Å². The van der Waals surface area contributed by atoms with Gasteiger partial charge in [-0.15, -0.1) is 0 Å². The lowest BCUT2D eigenvalue weighted by Crippen LogP contribution is -2.45. The predicted molar refractivity (Wildman–Crippen MR) is 57.0 cm³/mol. The fraction of sp³-hybridized carbons (Fsp3) is 0.800. The second kappa shape index (κ2) is 5.11. The molecule has 1 unspecified atom stereocenters. The Morgan fingerprint density at radius 1 is 1.47 bits per heavy atom. The molecule has 0 aromatic heterocycles. The molecule has 15 heavy (non-hydrogen) atoms. The van der Waals surface area contributed by atoms with Crippen molar-refractivity contribution in [2.24, 2.45) is 11.7 Å². The van der Waals surface area contributed by atoms with Gasteiger partial charge in [0, 0.05) is 14.1 Å². The van der Waals surface area contributed by atoms with Crippen molar-refractivity contribution in [3.05, 3.63) is 0 Å². The van der Waals surface area contributed by atoms with Gasteiger partial charge in [0.1, 0.15) is 0 Å². The van der Waals surface area contributed by atoms with Crippen LogP contribution in [0.3, 0.4) is 0 Å². The zero-order valence-electron chi connectivity index (χ0n) is 9.32. The van der Waals surface area contributed by atoms with Crippen molar-refractivity contribution >= 4 is 11.8 Å². The Morgan fingerprint density at radius 2 is 2.07 bits per heavy atom. The first-order valence-corrected chi connectivity index (χ1v) is 5.23. The summed E-state index contributed by atoms with van der Waals surface area (Å²) >= 11 is 0. The van der Waals surface area contributed by atoms with Crippen molar-refractivity contribution in [2.45, 2.75) is 25.3 Å². The predicted octanol–water partition coefficient (Wildman–Crippen LogP) is -0.682. The van der Waals surface area contributed by atoms with Gasteiger partial charge in [0.2, 0.25) is 11.8 Å². The maximum Gasteiger partial charge on any atom is 0.235 e. The number of nitrogens with one attached hydrogen (secondary N) is 1. The first-order valence-electron chi connectivity index (χ1n) is 5.23. The normalized spacial score (nSPS) is 17.2. The molecular weight excluding hydrogens is 194 g/mol. The van der Waals surface area contributed by atoms with E-state index in [1.807, 2.05) is 0 Å². The molecule has 86 valence electrons. The SMILES string of the molecule is CN(C)C(=O)CC(NCC1CC1)C(N)=O. The molecule has 1 saturated carbocycles. The summed E-state index contributed by atoms with van der Waals surface area (Å²) in [7, 11) is 3.34. The van der Waals surface area contributed by atoms with Crippen LogP contribution in [0.2, 0.25) is 0 Å². The third-order valence-electron chi connectivity index (χ3n) is 2.57. The average molecular weight is 213 g/mol. The van der Waals surface area contributed by atoms with Gasteiger partial charge in [-0.25, -0.2) is 0 Å². The van der Waals surface area contributed by atoms with Gasteiger partial charge in [-0.2, -0.15) is 0 Å². The molecule has 0 spiro atoms. The molecule has 0 aromatic carbocycles. The zero-order chi connectivity index (χ0) is 11.4. The van der Waals surface area contributed by atoms with Gasteiger partial charge in [-0.3, -0.25) is 9.59 Å². The molecule has 1 atom stereocenters. The van der Waals surface area contributed by atoms with E-state index in [1.165, 1.54) is 17.7 Å². The van der Waals surface area contributed by atoms with E-state index >= 15 is 0 Å². The standard InChI is InChI=1S/C10H19N3O2/c1-13(2)9(14)5-8(10(11)15)12-6-7-3-4-7/h7-8,12H,3-6H2,1-2H3,(H2,11,15). The van der Waals surface area contributed by atoms with Gasteiger partial charge >= 0.3 is 0 Å². The minimum absolute atomic E-state index is 0.0814. The lowest BCUT2D eigenvalue weighted by atomic mass is 10.1. The zero-order valence-corrected chi connectivity index (χ0v) is 9.32. The summed E-state index contributed by atoms with van der Waals surface area (Å²) in [5.41, 5.74) is 5.22. The molecule has 1 aliphatic rings. The summed E-state index contributed by atoms with van der Waals surface area (Å²) in [5.74, 6) is 0.134. The summed E-state index contributed by atoms with van der Waals surface area (Å²) in [6.45, 7) is 0.786. The molecule has 0 saturated heterocycles. The molecular formula is C10H19N3O2. The highest BCUT2D eigenvalue weighted by Gasteiger charge is 2.25. The van der Waals surface area contributed by atoms with Gasteiger partial charge in [-0.05, 0) is 25.3 Å². The molecule has 0 heterocycles. The summed E-state index contributed by atoms with van der Waals surface area (Å²) in [4.78, 5) is 23.9. The topological polar surface area (TPSA) is 75.4 Å². The van der Waals surface area contributed by atoms with Crippen molar-refractivity contribution in [1.82, 2.24) is 10.2 Å². The average Bonchev–Trinajstić information content (AvgIpc) is 2.94. The Morgan fingerprint density at radius 3 is 2.47 bits per heavy atom. The molecule has 5 heteroatoms. The summed E-state index contributed by atoms with van der Waals surface area (Å²) in [5, 5.41) is 3.04. The van der Waals surface area contributed by atoms with Crippen LogP contribution in [0, 0.1) is 5.92 Å². The highest BCUT2D eigenvalue weighted by atomic mass is 16.2. The van der Waals surface area contributed by atoms with Gasteiger partial charge in [0.15, 0.2) is 0 Å². The fourth-order valence-electron chi connectivity index (χ4n) is 1.26. The van der Waals surface area contributed by atoms with Crippen molar-refractivity contribution < 1.29 is 9.59 Å². The van der Waals surface area contributed by atoms with Crippen LogP contribution in [0.1, 0.15) is 19.3 Å². The fourth-order valence-corrected chi connectivity index (χ4v) is 1.26. The third kappa shape index (κ3) is 4.29. The molecule has 0 aliphatic heterocycles. The minimum Gasteiger partial charge on any atom is -0.368 e. The number of rotatable bonds is 6. The van der Waals surface area contributed by atoms with E-state index in [0.29, 0.717) is 5.92 Å². The van der Waals surface area contributed by atoms with Crippen LogP contribution in [0.15, 0.2) is 0 Å². The number of nitrogens with zero attached hydrogens (tertiary/aromatic N) is 1. The van der Waals surface area contributed by atoms with Gasteiger partial charge in [0.25, 0.3) is 0 Å². The summed E-state index contributed by atoms with van der Waals surface area (Å²) < 4.78 is 0. The van der Waals surface area contributed by atoms with E-state index in [0.717, 1.165) is 6.54 Å². The maximum atomic E-state index is 11.4. The summed E-state index contributed by atoms with van der Waals surface area (Å²) in [6, 6.07) is -0.527. The molecule has 1 fully saturated rings. The summed E-state index contributed by atoms with van der Waals surface area (Å²) in [6.07, 6.45) is 2.56. The lowest BCUT2D eigenvalue weighted by Gasteiger charge is -2.17. The molecule has 0 radical (unpaired) electrons. The van der Waals surface area contributed by atoms with E-state index in [2.05, 4.69) is 5.32 Å². The second-order valence-electron chi connectivity index (χ2n) is 4.30. The molecule has 0 aromatic rings. The number of amides is 2. The van der Waals surface area contributed by atoms with Crippen LogP contribution in [0.5, 0.6) is 0 Å². The van der Waals surface area contributed by atoms with E-state index < -0.39 is 11.9 Å². The monoisotopic (exact) mass is 213 g/mol. The number of carbonyl (C=O) groups is 2. The molecule has 5 nitrogen and oxygen atoms in total. The Balaban J connectivity index is 2.34. The molecule has 3 N–H and O–H groups in total. The Kier molecular flexibility index (Phi) is 4.08. The van der Waals surface area contributed by atoms with Gasteiger partial charge < -0.3 is 16.0 Å². The van der Waals surface area contributed by atoms with Gasteiger partial charge in [-0.1, -0.05) is 0 Å². The van der Waals surface area contributed by atoms with Crippen LogP contribution < -0.4 is 11.1 Å². The van der Waals surface area contributed by atoms with Crippen LogP contribution in [0.4, 0.5) is 0 Å². The largest absolute Gasteiger partial charge is 0.368 e. The van der Waals surface area contributed by atoms with E-state index in [9.17, 15) is 9.59 Å². The number of hydrogen-bond donors (Lipinski definition) is 2. The Labute approximate surface area is 90.0 Å². The van der Waals surface area contributed by atoms with E-state index in [1.54, 1.807) is 14.1 Å². The maximum absolute atomic E-state index is 11.4. The highest BCUT2D eigenvalue weighted by molar-refractivity contribution is 5.87. The van der Waals surface area contributed by atoms with Crippen molar-refractivity contribution in [2.75, 3.05) is 20.6 Å². The number of hydrogen-bond acceptors (Lipinski definition) is 3. The van der Waals surface area contributed by atoms with Crippen LogP contribution >= 0.6 is 0 Å². The number of carbonyl (C=O) groups excluding carboxylic acids is 2. The Hall–Kier alpha value is -1.10. The number of nitrogens with two attached hydrogens (primary N) is 1. The molecule has 1 aliphatic carbocycles. The second-order valence-corrected chi connectivity index (χ2v) is 4.30. The van der Waals surface area contributed by atoms with Crippen LogP contribution in [-0.4, -0.2) is 43.4 Å². The van der Waals surface area contributed by atoms with E-state index in [-0.39, 0.29) is 12.3 Å². The first kappa shape index (κ1) is 12.0. The first-order chi connectivity index (χ1) is 7.00. The van der Waals surface area contributed by atoms with E-state index in [4.69, 9.17) is 5.73 Å². The number of primary amides is 1. The quantitative estimate of drug-likeness (QED) is 0.613. The highest BCUT2D eigenvalue weighted by Crippen LogP contribution is 2.27.